The predicted molar refractivity (Wildman–Crippen MR) is 107 cm³/mol. The minimum atomic E-state index is -3.38. The summed E-state index contributed by atoms with van der Waals surface area (Å²) >= 11 is 0. The first-order valence-corrected chi connectivity index (χ1v) is 10.4. The van der Waals surface area contributed by atoms with E-state index in [0.717, 1.165) is 11.5 Å². The topological polar surface area (TPSA) is 80.8 Å². The van der Waals surface area contributed by atoms with Crippen LogP contribution in [-0.4, -0.2) is 38.7 Å². The number of hydrogen-bond acceptors (Lipinski definition) is 5. The van der Waals surface area contributed by atoms with Crippen molar-refractivity contribution in [1.82, 2.24) is 0 Å². The van der Waals surface area contributed by atoms with Gasteiger partial charge in [-0.05, 0) is 42.0 Å². The van der Waals surface area contributed by atoms with Crippen molar-refractivity contribution in [2.45, 2.75) is 6.04 Å². The number of carbonyl (C=O) groups is 2. The van der Waals surface area contributed by atoms with Gasteiger partial charge in [0.15, 0.2) is 16.4 Å². The number of anilines is 1. The van der Waals surface area contributed by atoms with Crippen LogP contribution in [0, 0.1) is 5.82 Å². The number of ether oxygens (including phenoxy) is 1. The quantitative estimate of drug-likeness (QED) is 0.535. The first kappa shape index (κ1) is 20.5. The summed E-state index contributed by atoms with van der Waals surface area (Å²) in [4.78, 5) is 25.9. The lowest BCUT2D eigenvalue weighted by atomic mass is 10.2. The van der Waals surface area contributed by atoms with Gasteiger partial charge in [-0.1, -0.05) is 30.3 Å². The number of para-hydroxylation sites is 1. The Morgan fingerprint density at radius 3 is 2.41 bits per heavy atom. The molecular formula is C21H18FNO5S. The van der Waals surface area contributed by atoms with Gasteiger partial charge in [0.05, 0.1) is 11.8 Å². The summed E-state index contributed by atoms with van der Waals surface area (Å²) in [5.74, 6) is -1.91. The second kappa shape index (κ2) is 8.83. The number of rotatable bonds is 6. The highest BCUT2D eigenvalue weighted by atomic mass is 32.2. The fourth-order valence-electron chi connectivity index (χ4n) is 2.82. The molecule has 0 radical (unpaired) electrons. The van der Waals surface area contributed by atoms with E-state index in [2.05, 4.69) is 0 Å². The van der Waals surface area contributed by atoms with Crippen molar-refractivity contribution in [3.63, 3.8) is 0 Å². The average molecular weight is 415 g/mol. The average Bonchev–Trinajstić information content (AvgIpc) is 3.06. The first-order chi connectivity index (χ1) is 13.8. The lowest BCUT2D eigenvalue weighted by molar-refractivity contribution is -0.143. The molecule has 1 atom stereocenters. The van der Waals surface area contributed by atoms with Gasteiger partial charge in [0.1, 0.15) is 5.82 Å². The molecule has 0 unspecified atom stereocenters. The zero-order valence-electron chi connectivity index (χ0n) is 15.3. The van der Waals surface area contributed by atoms with Crippen LogP contribution in [0.4, 0.5) is 10.1 Å². The van der Waals surface area contributed by atoms with Crippen LogP contribution >= 0.6 is 0 Å². The summed E-state index contributed by atoms with van der Waals surface area (Å²) in [6.45, 7) is -0.550. The van der Waals surface area contributed by atoms with E-state index in [1.165, 1.54) is 41.3 Å². The van der Waals surface area contributed by atoms with Gasteiger partial charge in [0, 0.05) is 17.2 Å². The van der Waals surface area contributed by atoms with Gasteiger partial charge in [-0.2, -0.15) is 0 Å². The summed E-state index contributed by atoms with van der Waals surface area (Å²) in [6, 6.07) is 13.4. The van der Waals surface area contributed by atoms with Gasteiger partial charge >= 0.3 is 5.97 Å². The molecule has 8 heteroatoms. The zero-order valence-corrected chi connectivity index (χ0v) is 16.1. The number of sulfone groups is 1. The molecule has 2 aromatic carbocycles. The summed E-state index contributed by atoms with van der Waals surface area (Å²) in [5, 5.41) is 1.08. The summed E-state index contributed by atoms with van der Waals surface area (Å²) in [6.07, 6.45) is 4.01. The predicted octanol–water partition coefficient (Wildman–Crippen LogP) is 2.73. The number of amides is 1. The normalized spacial score (nSPS) is 17.3. The molecular weight excluding hydrogens is 397 g/mol. The van der Waals surface area contributed by atoms with Gasteiger partial charge in [-0.15, -0.1) is 0 Å². The molecule has 29 heavy (non-hydrogen) atoms. The Morgan fingerprint density at radius 1 is 1.10 bits per heavy atom. The van der Waals surface area contributed by atoms with E-state index in [-0.39, 0.29) is 11.6 Å². The van der Waals surface area contributed by atoms with Crippen LogP contribution in [-0.2, 0) is 24.2 Å². The fraction of sp³-hybridized carbons (Fsp3) is 0.143. The van der Waals surface area contributed by atoms with Crippen molar-refractivity contribution in [3.05, 3.63) is 83.5 Å². The monoisotopic (exact) mass is 415 g/mol. The highest BCUT2D eigenvalue weighted by Gasteiger charge is 2.31. The molecule has 6 nitrogen and oxygen atoms in total. The molecule has 0 saturated carbocycles. The Morgan fingerprint density at radius 2 is 1.79 bits per heavy atom. The number of esters is 1. The smallest absolute Gasteiger partial charge is 0.331 e. The molecule has 1 aliphatic rings. The summed E-state index contributed by atoms with van der Waals surface area (Å²) < 4.78 is 41.4. The molecule has 1 amide bonds. The summed E-state index contributed by atoms with van der Waals surface area (Å²) in [7, 11) is -3.38. The van der Waals surface area contributed by atoms with Crippen molar-refractivity contribution in [2.75, 3.05) is 17.3 Å². The van der Waals surface area contributed by atoms with Crippen LogP contribution < -0.4 is 4.90 Å². The van der Waals surface area contributed by atoms with Crippen molar-refractivity contribution in [3.8, 4) is 0 Å². The van der Waals surface area contributed by atoms with E-state index in [9.17, 15) is 22.4 Å². The fourth-order valence-corrected chi connectivity index (χ4v) is 4.09. The van der Waals surface area contributed by atoms with Gasteiger partial charge in [-0.3, -0.25) is 4.79 Å². The second-order valence-corrected chi connectivity index (χ2v) is 8.25. The molecule has 1 aliphatic heterocycles. The molecule has 0 spiro atoms. The van der Waals surface area contributed by atoms with Gasteiger partial charge in [-0.25, -0.2) is 17.6 Å². The summed E-state index contributed by atoms with van der Waals surface area (Å²) in [5.41, 5.74) is 1.10. The number of carbonyl (C=O) groups excluding carboxylic acids is 2. The molecule has 3 rings (SSSR count). The SMILES string of the molecule is O=C(/C=C/c1ccc(F)cc1)OCC(=O)N(c1ccccc1)[C@@H]1C=CS(=O)(=O)C1. The van der Waals surface area contributed by atoms with Gasteiger partial charge < -0.3 is 9.64 Å². The molecule has 1 heterocycles. The highest BCUT2D eigenvalue weighted by molar-refractivity contribution is 7.94. The van der Waals surface area contributed by atoms with Crippen molar-refractivity contribution >= 4 is 33.5 Å². The Bertz CT molecular complexity index is 1050. The molecule has 2 aromatic rings. The Kier molecular flexibility index (Phi) is 6.23. The minimum Gasteiger partial charge on any atom is -0.452 e. The van der Waals surface area contributed by atoms with Crippen LogP contribution in [0.5, 0.6) is 0 Å². The van der Waals surface area contributed by atoms with Gasteiger partial charge in [0.2, 0.25) is 0 Å². The Hall–Kier alpha value is -3.26. The van der Waals surface area contributed by atoms with E-state index in [4.69, 9.17) is 4.74 Å². The molecule has 0 bridgehead atoms. The number of hydrogen-bond donors (Lipinski definition) is 0. The molecule has 0 saturated heterocycles. The van der Waals surface area contributed by atoms with E-state index < -0.39 is 34.4 Å². The lowest BCUT2D eigenvalue weighted by Gasteiger charge is -2.27. The zero-order chi connectivity index (χ0) is 20.9. The third kappa shape index (κ3) is 5.61. The van der Waals surface area contributed by atoms with Crippen LogP contribution in [0.2, 0.25) is 0 Å². The standard InChI is InChI=1S/C21H18FNO5S/c22-17-9-6-16(7-10-17)8-11-21(25)28-14-20(24)23(18-4-2-1-3-5-18)19-12-13-29(26,27)15-19/h1-13,19H,14-15H2/b11-8+/t19-/m1/s1. The maximum Gasteiger partial charge on any atom is 0.331 e. The van der Waals surface area contributed by atoms with Crippen LogP contribution in [0.15, 0.2) is 72.2 Å². The molecule has 0 aromatic heterocycles. The molecule has 0 N–H and O–H groups in total. The Labute approximate surface area is 167 Å². The Balaban J connectivity index is 1.66. The lowest BCUT2D eigenvalue weighted by Crippen LogP contribution is -2.43. The minimum absolute atomic E-state index is 0.230. The van der Waals surface area contributed by atoms with Crippen molar-refractivity contribution < 1.29 is 27.1 Å². The van der Waals surface area contributed by atoms with E-state index in [1.54, 1.807) is 30.3 Å². The molecule has 150 valence electrons. The molecule has 0 fully saturated rings. The van der Waals surface area contributed by atoms with Crippen molar-refractivity contribution in [2.24, 2.45) is 0 Å². The highest BCUT2D eigenvalue weighted by Crippen LogP contribution is 2.22. The first-order valence-electron chi connectivity index (χ1n) is 8.72. The van der Waals surface area contributed by atoms with Crippen LogP contribution in [0.3, 0.4) is 0 Å². The maximum atomic E-state index is 12.9. The van der Waals surface area contributed by atoms with Crippen LogP contribution in [0.1, 0.15) is 5.56 Å². The van der Waals surface area contributed by atoms with E-state index in [1.807, 2.05) is 0 Å². The third-order valence-electron chi connectivity index (χ3n) is 4.17. The second-order valence-electron chi connectivity index (χ2n) is 6.32. The number of nitrogens with zero attached hydrogens (tertiary/aromatic N) is 1. The largest absolute Gasteiger partial charge is 0.452 e. The van der Waals surface area contributed by atoms with Crippen molar-refractivity contribution in [1.29, 1.82) is 0 Å². The van der Waals surface area contributed by atoms with Crippen LogP contribution in [0.25, 0.3) is 6.08 Å². The van der Waals surface area contributed by atoms with E-state index in [0.29, 0.717) is 11.3 Å². The molecule has 0 aliphatic carbocycles. The third-order valence-corrected chi connectivity index (χ3v) is 5.54. The maximum absolute atomic E-state index is 12.9. The number of benzene rings is 2. The van der Waals surface area contributed by atoms with E-state index >= 15 is 0 Å². The number of halogens is 1. The van der Waals surface area contributed by atoms with Gasteiger partial charge in [0.25, 0.3) is 5.91 Å².